The summed E-state index contributed by atoms with van der Waals surface area (Å²) in [5.41, 5.74) is 0.341. The average molecular weight is 421 g/mol. The van der Waals surface area contributed by atoms with Crippen LogP contribution in [0.4, 0.5) is 10.1 Å². The van der Waals surface area contributed by atoms with Gasteiger partial charge in [0, 0.05) is 17.4 Å². The number of amides is 1. The first-order valence-corrected chi connectivity index (χ1v) is 10.7. The van der Waals surface area contributed by atoms with E-state index in [2.05, 4.69) is 4.99 Å². The van der Waals surface area contributed by atoms with E-state index in [9.17, 15) is 22.4 Å². The van der Waals surface area contributed by atoms with Crippen LogP contribution in [0.1, 0.15) is 12.8 Å². The van der Waals surface area contributed by atoms with Crippen LogP contribution >= 0.6 is 23.4 Å². The minimum absolute atomic E-state index is 0.0583. The number of amidine groups is 1. The molecule has 0 aromatic heterocycles. The Morgan fingerprint density at radius 1 is 1.35 bits per heavy atom. The van der Waals surface area contributed by atoms with Crippen molar-refractivity contribution in [2.45, 2.75) is 24.1 Å². The number of fused-ring (bicyclic) bond motifs is 1. The molecule has 0 spiro atoms. The van der Waals surface area contributed by atoms with Crippen LogP contribution in [-0.4, -0.2) is 53.4 Å². The number of carboxylic acids is 1. The molecular weight excluding hydrogens is 407 g/mol. The number of benzene rings is 1. The zero-order valence-electron chi connectivity index (χ0n) is 13.3. The molecule has 2 atom stereocenters. The number of rotatable bonds is 4. The maximum absolute atomic E-state index is 13.9. The van der Waals surface area contributed by atoms with Crippen molar-refractivity contribution in [1.82, 2.24) is 0 Å². The molecule has 7 nitrogen and oxygen atoms in total. The highest BCUT2D eigenvalue weighted by molar-refractivity contribution is 8.16. The molecule has 2 saturated heterocycles. The van der Waals surface area contributed by atoms with E-state index in [0.717, 1.165) is 17.8 Å². The molecule has 0 aliphatic carbocycles. The van der Waals surface area contributed by atoms with E-state index in [4.69, 9.17) is 16.7 Å². The van der Waals surface area contributed by atoms with Gasteiger partial charge in [-0.2, -0.15) is 4.99 Å². The van der Waals surface area contributed by atoms with Crippen molar-refractivity contribution in [1.29, 1.82) is 0 Å². The van der Waals surface area contributed by atoms with E-state index in [0.29, 0.717) is 5.69 Å². The summed E-state index contributed by atoms with van der Waals surface area (Å²) >= 11 is 6.83. The Morgan fingerprint density at radius 3 is 2.73 bits per heavy atom. The summed E-state index contributed by atoms with van der Waals surface area (Å²) in [6, 6.07) is 3.55. The van der Waals surface area contributed by atoms with Crippen LogP contribution in [0.5, 0.6) is 0 Å². The monoisotopic (exact) mass is 420 g/mol. The summed E-state index contributed by atoms with van der Waals surface area (Å²) in [6.07, 6.45) is -0.618. The minimum Gasteiger partial charge on any atom is -0.481 e. The SMILES string of the molecule is O=C(O)CCC(=O)N=C1S[C@@H]2CS(=O)(=O)C[C@H]2N1c1ccc(Cl)c(F)c1. The van der Waals surface area contributed by atoms with E-state index in [1.54, 1.807) is 0 Å². The molecule has 0 unspecified atom stereocenters. The quantitative estimate of drug-likeness (QED) is 0.793. The van der Waals surface area contributed by atoms with Crippen LogP contribution in [-0.2, 0) is 19.4 Å². The molecule has 1 N–H and O–H groups in total. The molecule has 2 aliphatic rings. The zero-order chi connectivity index (χ0) is 19.1. The Kier molecular flexibility index (Phi) is 5.27. The lowest BCUT2D eigenvalue weighted by Crippen LogP contribution is -2.37. The highest BCUT2D eigenvalue weighted by Gasteiger charge is 2.49. The number of nitrogens with zero attached hydrogens (tertiary/aromatic N) is 2. The van der Waals surface area contributed by atoms with Gasteiger partial charge in [-0.15, -0.1) is 0 Å². The van der Waals surface area contributed by atoms with Crippen LogP contribution in [0.2, 0.25) is 5.02 Å². The fourth-order valence-corrected chi connectivity index (χ4v) is 6.93. The van der Waals surface area contributed by atoms with Crippen molar-refractivity contribution < 1.29 is 27.5 Å². The fourth-order valence-electron chi connectivity index (χ4n) is 2.88. The molecular formula is C15H14ClFN2O5S2. The Morgan fingerprint density at radius 2 is 2.08 bits per heavy atom. The molecule has 2 heterocycles. The van der Waals surface area contributed by atoms with Gasteiger partial charge < -0.3 is 10.0 Å². The van der Waals surface area contributed by atoms with Crippen molar-refractivity contribution in [2.24, 2.45) is 4.99 Å². The van der Waals surface area contributed by atoms with E-state index in [-0.39, 0.29) is 39.8 Å². The lowest BCUT2D eigenvalue weighted by molar-refractivity contribution is -0.138. The number of carbonyl (C=O) groups excluding carboxylic acids is 1. The number of carbonyl (C=O) groups is 2. The largest absolute Gasteiger partial charge is 0.481 e. The number of hydrogen-bond donors (Lipinski definition) is 1. The van der Waals surface area contributed by atoms with E-state index >= 15 is 0 Å². The summed E-state index contributed by atoms with van der Waals surface area (Å²) in [6.45, 7) is 0. The first kappa shape index (κ1) is 19.1. The molecule has 2 aliphatic heterocycles. The maximum atomic E-state index is 13.9. The van der Waals surface area contributed by atoms with Crippen molar-refractivity contribution in [2.75, 3.05) is 16.4 Å². The van der Waals surface area contributed by atoms with Gasteiger partial charge >= 0.3 is 5.97 Å². The van der Waals surface area contributed by atoms with Gasteiger partial charge in [-0.05, 0) is 18.2 Å². The third-order valence-electron chi connectivity index (χ3n) is 4.02. The summed E-state index contributed by atoms with van der Waals surface area (Å²) in [5, 5.41) is 8.50. The molecule has 11 heteroatoms. The molecule has 0 bridgehead atoms. The molecule has 1 aromatic carbocycles. The second-order valence-corrected chi connectivity index (χ2v) is 9.72. The Labute approximate surface area is 158 Å². The van der Waals surface area contributed by atoms with Gasteiger partial charge in [0.2, 0.25) is 5.91 Å². The van der Waals surface area contributed by atoms with Crippen LogP contribution in [0.3, 0.4) is 0 Å². The Bertz CT molecular complexity index is 905. The van der Waals surface area contributed by atoms with Crippen molar-refractivity contribution in [3.8, 4) is 0 Å². The number of carboxylic acid groups (broad SMARTS) is 1. The molecule has 140 valence electrons. The van der Waals surface area contributed by atoms with Gasteiger partial charge in [-0.3, -0.25) is 9.59 Å². The van der Waals surface area contributed by atoms with Crippen LogP contribution in [0.15, 0.2) is 23.2 Å². The van der Waals surface area contributed by atoms with Crippen LogP contribution in [0, 0.1) is 5.82 Å². The summed E-state index contributed by atoms with van der Waals surface area (Å²) in [7, 11) is -3.24. The first-order valence-electron chi connectivity index (χ1n) is 7.61. The molecule has 26 heavy (non-hydrogen) atoms. The summed E-state index contributed by atoms with van der Waals surface area (Å²) < 4.78 is 37.8. The number of aliphatic imine (C=N–C) groups is 1. The lowest BCUT2D eigenvalue weighted by Gasteiger charge is -2.24. The highest BCUT2D eigenvalue weighted by atomic mass is 35.5. The van der Waals surface area contributed by atoms with E-state index in [1.165, 1.54) is 17.0 Å². The zero-order valence-corrected chi connectivity index (χ0v) is 15.7. The van der Waals surface area contributed by atoms with Crippen molar-refractivity contribution in [3.63, 3.8) is 0 Å². The lowest BCUT2D eigenvalue weighted by atomic mass is 10.2. The molecule has 1 aromatic rings. The fraction of sp³-hybridized carbons (Fsp3) is 0.400. The second-order valence-electron chi connectivity index (χ2n) is 5.95. The Hall–Kier alpha value is -1.65. The highest BCUT2D eigenvalue weighted by Crippen LogP contribution is 2.41. The number of sulfone groups is 1. The van der Waals surface area contributed by atoms with Crippen molar-refractivity contribution >= 4 is 55.9 Å². The van der Waals surface area contributed by atoms with E-state index in [1.807, 2.05) is 0 Å². The first-order chi connectivity index (χ1) is 12.2. The number of halogens is 2. The molecule has 0 radical (unpaired) electrons. The maximum Gasteiger partial charge on any atom is 0.303 e. The smallest absolute Gasteiger partial charge is 0.303 e. The van der Waals surface area contributed by atoms with Gasteiger partial charge in [-0.1, -0.05) is 23.4 Å². The topological polar surface area (TPSA) is 104 Å². The average Bonchev–Trinajstić information content (AvgIpc) is 2.99. The molecule has 2 fully saturated rings. The van der Waals surface area contributed by atoms with Crippen LogP contribution in [0.25, 0.3) is 0 Å². The Balaban J connectivity index is 1.94. The van der Waals surface area contributed by atoms with E-state index < -0.39 is 33.6 Å². The van der Waals surface area contributed by atoms with Gasteiger partial charge in [0.1, 0.15) is 5.82 Å². The van der Waals surface area contributed by atoms with Gasteiger partial charge in [0.05, 0.1) is 29.0 Å². The predicted molar refractivity (Wildman–Crippen MR) is 97.0 cm³/mol. The second kappa shape index (κ2) is 7.16. The summed E-state index contributed by atoms with van der Waals surface area (Å²) in [4.78, 5) is 28.0. The standard InChI is InChI=1S/C15H14ClFN2O5S2/c16-9-2-1-8(5-10(9)17)19-11-6-26(23,24)7-12(11)25-15(19)18-13(20)3-4-14(21)22/h1-2,5,11-12H,3-4,6-7H2,(H,21,22)/t11-,12-/m1/s1. The van der Waals surface area contributed by atoms with Gasteiger partial charge in [0.15, 0.2) is 15.0 Å². The molecule has 0 saturated carbocycles. The predicted octanol–water partition coefficient (Wildman–Crippen LogP) is 1.95. The third kappa shape index (κ3) is 4.02. The number of aliphatic carboxylic acids is 1. The molecule has 3 rings (SSSR count). The summed E-state index contributed by atoms with van der Waals surface area (Å²) in [5.74, 6) is -2.60. The van der Waals surface area contributed by atoms with Gasteiger partial charge in [-0.25, -0.2) is 12.8 Å². The van der Waals surface area contributed by atoms with Crippen LogP contribution < -0.4 is 4.90 Å². The van der Waals surface area contributed by atoms with Gasteiger partial charge in [0.25, 0.3) is 0 Å². The third-order valence-corrected chi connectivity index (χ3v) is 7.54. The minimum atomic E-state index is -3.24. The number of hydrogen-bond acceptors (Lipinski definition) is 5. The molecule has 1 amide bonds. The number of anilines is 1. The normalized spacial score (nSPS) is 25.5. The number of thioether (sulfide) groups is 1. The van der Waals surface area contributed by atoms with Crippen molar-refractivity contribution in [3.05, 3.63) is 29.0 Å².